The first-order chi connectivity index (χ1) is 17.9. The first kappa shape index (κ1) is 23.6. The number of carbonyl (C=O) groups is 1. The molecule has 188 valence electrons. The molecule has 1 N–H and O–H groups in total. The average Bonchev–Trinajstić information content (AvgIpc) is 3.22. The number of hydrogen-bond donors (Lipinski definition) is 1. The number of amides is 1. The van der Waals surface area contributed by atoms with E-state index < -0.39 is 9.84 Å². The molecule has 0 unspecified atom stereocenters. The van der Waals surface area contributed by atoms with E-state index >= 15 is 0 Å². The third kappa shape index (κ3) is 4.45. The van der Waals surface area contributed by atoms with E-state index in [2.05, 4.69) is 40.4 Å². The van der Waals surface area contributed by atoms with Crippen LogP contribution >= 0.6 is 0 Å². The normalized spacial score (nSPS) is 16.2. The smallest absolute Gasteiger partial charge is 0.251 e. The predicted molar refractivity (Wildman–Crippen MR) is 141 cm³/mol. The molecule has 2 aromatic heterocycles. The van der Waals surface area contributed by atoms with Gasteiger partial charge in [0.1, 0.15) is 0 Å². The van der Waals surface area contributed by atoms with Crippen molar-refractivity contribution in [2.75, 3.05) is 30.9 Å². The van der Waals surface area contributed by atoms with E-state index in [1.54, 1.807) is 18.3 Å². The molecule has 2 aliphatic rings. The van der Waals surface area contributed by atoms with Crippen molar-refractivity contribution in [2.45, 2.75) is 24.5 Å². The Kier molecular flexibility index (Phi) is 5.89. The third-order valence-corrected chi connectivity index (χ3v) is 8.77. The zero-order valence-electron chi connectivity index (χ0n) is 20.4. The third-order valence-electron chi connectivity index (χ3n) is 7.01. The van der Waals surface area contributed by atoms with Gasteiger partial charge in [-0.2, -0.15) is 0 Å². The van der Waals surface area contributed by atoms with Crippen LogP contribution in [0.15, 0.2) is 65.7 Å². The quantitative estimate of drug-likeness (QED) is 0.445. The summed E-state index contributed by atoms with van der Waals surface area (Å²) in [6, 6.07) is 16.9. The summed E-state index contributed by atoms with van der Waals surface area (Å²) in [6.07, 6.45) is 2.75. The molecule has 0 atom stereocenters. The van der Waals surface area contributed by atoms with Gasteiger partial charge >= 0.3 is 0 Å². The zero-order chi connectivity index (χ0) is 25.6. The van der Waals surface area contributed by atoms with Crippen molar-refractivity contribution in [2.24, 2.45) is 0 Å². The lowest BCUT2D eigenvalue weighted by molar-refractivity contribution is 0.0950. The van der Waals surface area contributed by atoms with Crippen LogP contribution in [0.2, 0.25) is 0 Å². The fourth-order valence-corrected chi connectivity index (χ4v) is 6.37. The van der Waals surface area contributed by atoms with Gasteiger partial charge in [-0.3, -0.25) is 9.78 Å². The van der Waals surface area contributed by atoms with E-state index in [1.165, 1.54) is 17.3 Å². The minimum atomic E-state index is -3.49. The van der Waals surface area contributed by atoms with Crippen LogP contribution in [0.4, 0.5) is 5.69 Å². The predicted octanol–water partition coefficient (Wildman–Crippen LogP) is 3.52. The highest BCUT2D eigenvalue weighted by molar-refractivity contribution is 7.91. The van der Waals surface area contributed by atoms with Crippen molar-refractivity contribution in [1.82, 2.24) is 15.3 Å². The first-order valence-electron chi connectivity index (χ1n) is 12.2. The Hall–Kier alpha value is -3.82. The van der Waals surface area contributed by atoms with Gasteiger partial charge in [-0.15, -0.1) is 0 Å². The Morgan fingerprint density at radius 1 is 1.14 bits per heavy atom. The maximum atomic E-state index is 12.9. The summed E-state index contributed by atoms with van der Waals surface area (Å²) < 4.78 is 30.5. The van der Waals surface area contributed by atoms with Gasteiger partial charge in [0.25, 0.3) is 5.91 Å². The molecule has 8 nitrogen and oxygen atoms in total. The summed E-state index contributed by atoms with van der Waals surface area (Å²) >= 11 is 0. The molecular weight excluding hydrogens is 488 g/mol. The number of carbonyl (C=O) groups excluding carboxylic acids is 1. The Bertz CT molecular complexity index is 1650. The lowest BCUT2D eigenvalue weighted by atomic mass is 10.0. The van der Waals surface area contributed by atoms with Crippen molar-refractivity contribution in [1.29, 1.82) is 0 Å². The van der Waals surface area contributed by atoms with E-state index in [4.69, 9.17) is 9.72 Å². The fraction of sp³-hybridized carbons (Fsp3) is 0.250. The Balaban J connectivity index is 1.23. The minimum Gasteiger partial charge on any atom is -0.376 e. The van der Waals surface area contributed by atoms with Gasteiger partial charge in [-0.1, -0.05) is 18.2 Å². The number of benzene rings is 2. The number of hydrogen-bond acceptors (Lipinski definition) is 7. The van der Waals surface area contributed by atoms with Gasteiger partial charge in [0.2, 0.25) is 0 Å². The number of ether oxygens (including phenoxy) is 1. The van der Waals surface area contributed by atoms with Crippen molar-refractivity contribution >= 4 is 32.3 Å². The minimum absolute atomic E-state index is 0.0937. The number of nitrogens with zero attached hydrogens (tertiary/aromatic N) is 3. The molecule has 0 saturated carbocycles. The summed E-state index contributed by atoms with van der Waals surface area (Å²) in [6.45, 7) is 1.55. The van der Waals surface area contributed by atoms with Crippen molar-refractivity contribution in [3.63, 3.8) is 0 Å². The molecule has 0 fully saturated rings. The average molecular weight is 515 g/mol. The lowest BCUT2D eigenvalue weighted by Gasteiger charge is -2.13. The second-order valence-corrected chi connectivity index (χ2v) is 11.5. The standard InChI is InChI=1S/C28H26N4O4S/c1-32-10-9-23-22(3-2-4-26(23)32)24-8-7-19-15-29-21(14-25(19)31-24)16-30-28(33)18-5-6-20-17-36-11-12-37(34,35)27(20)13-18/h2-8,13-15H,9-12,16-17H2,1H3,(H,30,33). The lowest BCUT2D eigenvalue weighted by Crippen LogP contribution is -2.23. The van der Waals surface area contributed by atoms with Crippen LogP contribution in [0.1, 0.15) is 27.2 Å². The number of aromatic nitrogens is 2. The summed E-state index contributed by atoms with van der Waals surface area (Å²) in [5.74, 6) is -0.459. The van der Waals surface area contributed by atoms with E-state index in [9.17, 15) is 13.2 Å². The molecule has 0 aliphatic carbocycles. The van der Waals surface area contributed by atoms with Gasteiger partial charge in [0.15, 0.2) is 9.84 Å². The van der Waals surface area contributed by atoms with Crippen molar-refractivity contribution in [3.8, 4) is 11.3 Å². The van der Waals surface area contributed by atoms with Gasteiger partial charge in [-0.05, 0) is 53.9 Å². The molecule has 0 bridgehead atoms. The highest BCUT2D eigenvalue weighted by Crippen LogP contribution is 2.35. The highest BCUT2D eigenvalue weighted by Gasteiger charge is 2.24. The summed E-state index contributed by atoms with van der Waals surface area (Å²) in [5, 5.41) is 3.77. The molecule has 4 aromatic rings. The van der Waals surface area contributed by atoms with Gasteiger partial charge in [-0.25, -0.2) is 13.4 Å². The van der Waals surface area contributed by atoms with Gasteiger partial charge in [0.05, 0.1) is 47.3 Å². The summed E-state index contributed by atoms with van der Waals surface area (Å²) in [5.41, 5.74) is 6.94. The second kappa shape index (κ2) is 9.24. The van der Waals surface area contributed by atoms with E-state index in [0.29, 0.717) is 11.3 Å². The Labute approximate surface area is 215 Å². The largest absolute Gasteiger partial charge is 0.376 e. The highest BCUT2D eigenvalue weighted by atomic mass is 32.2. The van der Waals surface area contributed by atoms with Crippen LogP contribution < -0.4 is 10.2 Å². The Morgan fingerprint density at radius 3 is 2.92 bits per heavy atom. The Morgan fingerprint density at radius 2 is 2.03 bits per heavy atom. The first-order valence-corrected chi connectivity index (χ1v) is 13.8. The number of nitrogens with one attached hydrogen (secondary N) is 1. The van der Waals surface area contributed by atoms with E-state index in [0.717, 1.165) is 35.1 Å². The molecule has 9 heteroatoms. The van der Waals surface area contributed by atoms with Crippen LogP contribution in [-0.2, 0) is 34.1 Å². The topological polar surface area (TPSA) is 101 Å². The number of likely N-dealkylation sites (N-methyl/N-ethyl adjacent to an activating group) is 1. The molecule has 0 saturated heterocycles. The number of sulfone groups is 1. The van der Waals surface area contributed by atoms with Crippen molar-refractivity contribution < 1.29 is 17.9 Å². The van der Waals surface area contributed by atoms with Crippen LogP contribution in [0.5, 0.6) is 0 Å². The second-order valence-electron chi connectivity index (χ2n) is 9.42. The summed E-state index contributed by atoms with van der Waals surface area (Å²) in [7, 11) is -1.38. The molecule has 2 aromatic carbocycles. The molecule has 6 rings (SSSR count). The molecule has 0 radical (unpaired) electrons. The molecular formula is C28H26N4O4S. The molecule has 0 spiro atoms. The van der Waals surface area contributed by atoms with Gasteiger partial charge in [0, 0.05) is 42.0 Å². The van der Waals surface area contributed by atoms with E-state index in [1.807, 2.05) is 18.2 Å². The monoisotopic (exact) mass is 514 g/mol. The summed E-state index contributed by atoms with van der Waals surface area (Å²) in [4.78, 5) is 24.7. The molecule has 37 heavy (non-hydrogen) atoms. The number of rotatable bonds is 4. The van der Waals surface area contributed by atoms with Crippen LogP contribution in [0.25, 0.3) is 22.2 Å². The molecule has 4 heterocycles. The van der Waals surface area contributed by atoms with Crippen LogP contribution in [0.3, 0.4) is 0 Å². The van der Waals surface area contributed by atoms with E-state index in [-0.39, 0.29) is 41.9 Å². The maximum Gasteiger partial charge on any atom is 0.251 e. The fourth-order valence-electron chi connectivity index (χ4n) is 4.98. The SMILES string of the molecule is CN1CCc2c(-c3ccc4cnc(CNC(=O)c5ccc6c(c5)S(=O)(=O)CCOC6)cc4n3)cccc21. The van der Waals surface area contributed by atoms with Crippen LogP contribution in [-0.4, -0.2) is 50.2 Å². The number of anilines is 1. The molecule has 1 amide bonds. The number of pyridine rings is 2. The maximum absolute atomic E-state index is 12.9. The van der Waals surface area contributed by atoms with Crippen molar-refractivity contribution in [3.05, 3.63) is 83.2 Å². The van der Waals surface area contributed by atoms with Crippen LogP contribution in [0, 0.1) is 0 Å². The zero-order valence-corrected chi connectivity index (χ0v) is 21.2. The number of fused-ring (bicyclic) bond motifs is 3. The van der Waals surface area contributed by atoms with Gasteiger partial charge < -0.3 is 15.0 Å². The molecule has 2 aliphatic heterocycles.